The van der Waals surface area contributed by atoms with Gasteiger partial charge in [-0.3, -0.25) is 4.79 Å². The number of amides is 1. The van der Waals surface area contributed by atoms with Gasteiger partial charge in [-0.25, -0.2) is 0 Å². The second-order valence-electron chi connectivity index (χ2n) is 7.09. The molecule has 0 aromatic carbocycles. The summed E-state index contributed by atoms with van der Waals surface area (Å²) in [7, 11) is 1.90. The van der Waals surface area contributed by atoms with Gasteiger partial charge in [-0.2, -0.15) is 0 Å². The predicted octanol–water partition coefficient (Wildman–Crippen LogP) is 2.02. The predicted molar refractivity (Wildman–Crippen MR) is 69.8 cm³/mol. The molecule has 3 heteroatoms. The van der Waals surface area contributed by atoms with E-state index >= 15 is 0 Å². The largest absolute Gasteiger partial charge is 0.339 e. The Bertz CT molecular complexity index is 313. The summed E-state index contributed by atoms with van der Waals surface area (Å²) in [4.78, 5) is 14.3. The summed E-state index contributed by atoms with van der Waals surface area (Å²) in [6.07, 6.45) is 4.28. The van der Waals surface area contributed by atoms with Gasteiger partial charge in [0.15, 0.2) is 0 Å². The van der Waals surface area contributed by atoms with Crippen LogP contribution in [0.5, 0.6) is 0 Å². The summed E-state index contributed by atoms with van der Waals surface area (Å²) in [5, 5.41) is 3.06. The SMILES string of the molecule is CNCCC(=O)N1CC2(C)CC1CC(C)(C)C2. The summed E-state index contributed by atoms with van der Waals surface area (Å²) in [5.74, 6) is 0.339. The minimum absolute atomic E-state index is 0.339. The molecule has 0 spiro atoms. The molecule has 0 aromatic rings. The van der Waals surface area contributed by atoms with Gasteiger partial charge in [0.25, 0.3) is 0 Å². The van der Waals surface area contributed by atoms with Crippen LogP contribution in [-0.2, 0) is 4.79 Å². The Balaban J connectivity index is 2.05. The molecule has 3 nitrogen and oxygen atoms in total. The van der Waals surface area contributed by atoms with Crippen molar-refractivity contribution in [2.75, 3.05) is 20.1 Å². The van der Waals surface area contributed by atoms with Gasteiger partial charge in [0.1, 0.15) is 0 Å². The van der Waals surface area contributed by atoms with Crippen molar-refractivity contribution in [2.45, 2.75) is 52.5 Å². The van der Waals surface area contributed by atoms with E-state index in [1.165, 1.54) is 19.3 Å². The molecule has 2 bridgehead atoms. The summed E-state index contributed by atoms with van der Waals surface area (Å²) in [5.41, 5.74) is 0.761. The maximum absolute atomic E-state index is 12.2. The zero-order chi connectivity index (χ0) is 12.7. The third-order valence-electron chi connectivity index (χ3n) is 4.32. The molecule has 2 atom stereocenters. The van der Waals surface area contributed by atoms with E-state index in [-0.39, 0.29) is 0 Å². The molecule has 1 amide bonds. The number of likely N-dealkylation sites (tertiary alicyclic amines) is 1. The standard InChI is InChI=1S/C14H26N2O/c1-13(2)7-11-8-14(3,9-13)10-16(11)12(17)5-6-15-4/h11,15H,5-10H2,1-4H3. The van der Waals surface area contributed by atoms with Gasteiger partial charge in [0, 0.05) is 25.6 Å². The third-order valence-corrected chi connectivity index (χ3v) is 4.32. The van der Waals surface area contributed by atoms with E-state index in [2.05, 4.69) is 31.0 Å². The van der Waals surface area contributed by atoms with Gasteiger partial charge in [-0.15, -0.1) is 0 Å². The molecule has 2 rings (SSSR count). The number of nitrogens with zero attached hydrogens (tertiary/aromatic N) is 1. The van der Waals surface area contributed by atoms with Crippen molar-refractivity contribution in [3.63, 3.8) is 0 Å². The van der Waals surface area contributed by atoms with Crippen LogP contribution in [0.25, 0.3) is 0 Å². The Labute approximate surface area is 105 Å². The van der Waals surface area contributed by atoms with Crippen molar-refractivity contribution in [1.82, 2.24) is 10.2 Å². The van der Waals surface area contributed by atoms with E-state index in [9.17, 15) is 4.79 Å². The maximum atomic E-state index is 12.2. The molecular weight excluding hydrogens is 212 g/mol. The molecule has 1 saturated heterocycles. The van der Waals surface area contributed by atoms with Crippen LogP contribution < -0.4 is 5.32 Å². The average Bonchev–Trinajstić information content (AvgIpc) is 2.44. The fourth-order valence-corrected chi connectivity index (χ4v) is 4.13. The lowest BCUT2D eigenvalue weighted by Gasteiger charge is -2.39. The third kappa shape index (κ3) is 2.65. The Hall–Kier alpha value is -0.570. The van der Waals surface area contributed by atoms with Gasteiger partial charge in [0.05, 0.1) is 0 Å². The number of carbonyl (C=O) groups excluding carboxylic acids is 1. The van der Waals surface area contributed by atoms with Crippen LogP contribution in [0.15, 0.2) is 0 Å². The molecule has 2 aliphatic rings. The van der Waals surface area contributed by atoms with Crippen LogP contribution in [0.4, 0.5) is 0 Å². The highest BCUT2D eigenvalue weighted by atomic mass is 16.2. The normalized spacial score (nSPS) is 35.1. The van der Waals surface area contributed by atoms with Crippen molar-refractivity contribution in [1.29, 1.82) is 0 Å². The van der Waals surface area contributed by atoms with Gasteiger partial charge in [-0.05, 0) is 37.1 Å². The first-order chi connectivity index (χ1) is 7.85. The lowest BCUT2D eigenvalue weighted by molar-refractivity contribution is -0.132. The molecule has 1 saturated carbocycles. The highest BCUT2D eigenvalue weighted by molar-refractivity contribution is 5.77. The van der Waals surface area contributed by atoms with Crippen molar-refractivity contribution in [3.05, 3.63) is 0 Å². The fourth-order valence-electron chi connectivity index (χ4n) is 4.13. The number of fused-ring (bicyclic) bond motifs is 2. The molecule has 17 heavy (non-hydrogen) atoms. The molecular formula is C14H26N2O. The zero-order valence-corrected chi connectivity index (χ0v) is 11.7. The van der Waals surface area contributed by atoms with Crippen LogP contribution in [0.1, 0.15) is 46.5 Å². The monoisotopic (exact) mass is 238 g/mol. The lowest BCUT2D eigenvalue weighted by Crippen LogP contribution is -2.38. The van der Waals surface area contributed by atoms with E-state index in [4.69, 9.17) is 0 Å². The Morgan fingerprint density at radius 3 is 2.71 bits per heavy atom. The second-order valence-corrected chi connectivity index (χ2v) is 7.09. The molecule has 98 valence electrons. The Kier molecular flexibility index (Phi) is 3.23. The Morgan fingerprint density at radius 2 is 2.06 bits per heavy atom. The average molecular weight is 238 g/mol. The van der Waals surface area contributed by atoms with Gasteiger partial charge in [-0.1, -0.05) is 20.8 Å². The molecule has 0 radical (unpaired) electrons. The molecule has 1 heterocycles. The fraction of sp³-hybridized carbons (Fsp3) is 0.929. The van der Waals surface area contributed by atoms with Crippen LogP contribution in [0.2, 0.25) is 0 Å². The molecule has 1 aliphatic heterocycles. The first-order valence-electron chi connectivity index (χ1n) is 6.79. The number of nitrogens with one attached hydrogen (secondary N) is 1. The molecule has 0 aromatic heterocycles. The van der Waals surface area contributed by atoms with E-state index in [1.54, 1.807) is 0 Å². The summed E-state index contributed by atoms with van der Waals surface area (Å²) < 4.78 is 0. The highest BCUT2D eigenvalue weighted by Crippen LogP contribution is 2.52. The minimum Gasteiger partial charge on any atom is -0.339 e. The molecule has 2 fully saturated rings. The zero-order valence-electron chi connectivity index (χ0n) is 11.7. The van der Waals surface area contributed by atoms with Crippen molar-refractivity contribution < 1.29 is 4.79 Å². The van der Waals surface area contributed by atoms with E-state index in [1.807, 2.05) is 7.05 Å². The van der Waals surface area contributed by atoms with Gasteiger partial charge in [0.2, 0.25) is 5.91 Å². The summed E-state index contributed by atoms with van der Waals surface area (Å²) in [6, 6.07) is 0.494. The Morgan fingerprint density at radius 1 is 1.35 bits per heavy atom. The van der Waals surface area contributed by atoms with Crippen LogP contribution in [0, 0.1) is 10.8 Å². The van der Waals surface area contributed by atoms with Crippen LogP contribution >= 0.6 is 0 Å². The molecule has 1 N–H and O–H groups in total. The van der Waals surface area contributed by atoms with E-state index in [0.717, 1.165) is 13.1 Å². The lowest BCUT2D eigenvalue weighted by atomic mass is 9.65. The van der Waals surface area contributed by atoms with E-state index < -0.39 is 0 Å². The summed E-state index contributed by atoms with van der Waals surface area (Å²) in [6.45, 7) is 8.82. The maximum Gasteiger partial charge on any atom is 0.224 e. The van der Waals surface area contributed by atoms with E-state index in [0.29, 0.717) is 29.2 Å². The van der Waals surface area contributed by atoms with Gasteiger partial charge < -0.3 is 10.2 Å². The van der Waals surface area contributed by atoms with Gasteiger partial charge >= 0.3 is 0 Å². The molecule has 1 aliphatic carbocycles. The minimum atomic E-state index is 0.339. The first kappa shape index (κ1) is 12.9. The number of rotatable bonds is 3. The van der Waals surface area contributed by atoms with Crippen molar-refractivity contribution in [2.24, 2.45) is 10.8 Å². The topological polar surface area (TPSA) is 32.3 Å². The van der Waals surface area contributed by atoms with Crippen LogP contribution in [0.3, 0.4) is 0 Å². The smallest absolute Gasteiger partial charge is 0.224 e. The molecule has 2 unspecified atom stereocenters. The van der Waals surface area contributed by atoms with Crippen molar-refractivity contribution in [3.8, 4) is 0 Å². The highest BCUT2D eigenvalue weighted by Gasteiger charge is 2.50. The quantitative estimate of drug-likeness (QED) is 0.816. The first-order valence-corrected chi connectivity index (χ1v) is 6.79. The second kappa shape index (κ2) is 4.27. The summed E-state index contributed by atoms with van der Waals surface area (Å²) >= 11 is 0. The number of hydrogen-bond donors (Lipinski definition) is 1. The van der Waals surface area contributed by atoms with Crippen molar-refractivity contribution >= 4 is 5.91 Å². The van der Waals surface area contributed by atoms with Crippen LogP contribution in [-0.4, -0.2) is 37.0 Å². The number of carbonyl (C=O) groups is 1. The number of hydrogen-bond acceptors (Lipinski definition) is 2.